The quantitative estimate of drug-likeness (QED) is 0.939. The summed E-state index contributed by atoms with van der Waals surface area (Å²) < 4.78 is 13.4. The highest BCUT2D eigenvalue weighted by molar-refractivity contribution is 5.68. The minimum Gasteiger partial charge on any atom is -0.450 e. The maximum absolute atomic E-state index is 6.00. The molecule has 0 saturated heterocycles. The van der Waals surface area contributed by atoms with Crippen molar-refractivity contribution in [1.82, 2.24) is 14.8 Å². The molecule has 1 fully saturated rings. The molecular weight excluding hydrogens is 280 g/mol. The number of nitrogen functional groups attached to an aromatic ring is 1. The Kier molecular flexibility index (Phi) is 3.31. The van der Waals surface area contributed by atoms with Crippen molar-refractivity contribution in [1.29, 1.82) is 0 Å². The Labute approximate surface area is 128 Å². The first-order chi connectivity index (χ1) is 10.8. The third kappa shape index (κ3) is 2.57. The van der Waals surface area contributed by atoms with Gasteiger partial charge in [0.25, 0.3) is 0 Å². The molecule has 1 aliphatic heterocycles. The summed E-state index contributed by atoms with van der Waals surface area (Å²) in [7, 11) is 0. The third-order valence-electron chi connectivity index (χ3n) is 3.91. The number of anilines is 1. The first-order valence-electron chi connectivity index (χ1n) is 7.56. The van der Waals surface area contributed by atoms with Gasteiger partial charge in [-0.1, -0.05) is 6.08 Å². The molecule has 6 nitrogen and oxygen atoms in total. The molecule has 2 aliphatic rings. The summed E-state index contributed by atoms with van der Waals surface area (Å²) in [6, 6.07) is 4.13. The number of nitrogens with zero attached hydrogens (tertiary/aromatic N) is 3. The molecule has 0 atom stereocenters. The maximum Gasteiger partial charge on any atom is 0.173 e. The molecule has 2 aromatic heterocycles. The van der Waals surface area contributed by atoms with E-state index < -0.39 is 0 Å². The lowest BCUT2D eigenvalue weighted by atomic mass is 10.1. The highest BCUT2D eigenvalue weighted by atomic mass is 16.5. The zero-order valence-electron chi connectivity index (χ0n) is 12.2. The summed E-state index contributed by atoms with van der Waals surface area (Å²) in [5, 5.41) is 4.73. The molecule has 0 amide bonds. The number of rotatable bonds is 4. The van der Waals surface area contributed by atoms with Gasteiger partial charge >= 0.3 is 0 Å². The second-order valence-electron chi connectivity index (χ2n) is 5.60. The molecule has 1 aliphatic carbocycles. The molecule has 114 valence electrons. The van der Waals surface area contributed by atoms with Crippen molar-refractivity contribution in [2.24, 2.45) is 0 Å². The van der Waals surface area contributed by atoms with E-state index in [1.807, 2.05) is 23.0 Å². The average molecular weight is 298 g/mol. The van der Waals surface area contributed by atoms with Gasteiger partial charge in [-0.25, -0.2) is 4.98 Å². The fourth-order valence-electron chi connectivity index (χ4n) is 2.55. The first kappa shape index (κ1) is 13.3. The molecule has 0 radical (unpaired) electrons. The Balaban J connectivity index is 1.70. The van der Waals surface area contributed by atoms with Crippen LogP contribution in [0.4, 0.5) is 5.82 Å². The molecule has 1 saturated carbocycles. The lowest BCUT2D eigenvalue weighted by Gasteiger charge is -2.13. The summed E-state index contributed by atoms with van der Waals surface area (Å²) in [6.45, 7) is 1.34. The number of pyridine rings is 1. The molecule has 22 heavy (non-hydrogen) atoms. The smallest absolute Gasteiger partial charge is 0.173 e. The van der Waals surface area contributed by atoms with E-state index in [1.54, 1.807) is 6.20 Å². The van der Waals surface area contributed by atoms with Crippen LogP contribution in [0.3, 0.4) is 0 Å². The molecule has 0 spiro atoms. The van der Waals surface area contributed by atoms with Crippen molar-refractivity contribution >= 4 is 11.4 Å². The lowest BCUT2D eigenvalue weighted by molar-refractivity contribution is 0.161. The van der Waals surface area contributed by atoms with Gasteiger partial charge < -0.3 is 15.2 Å². The zero-order valence-corrected chi connectivity index (χ0v) is 12.2. The third-order valence-corrected chi connectivity index (χ3v) is 3.91. The highest BCUT2D eigenvalue weighted by Crippen LogP contribution is 2.39. The van der Waals surface area contributed by atoms with Gasteiger partial charge in [-0.05, 0) is 37.0 Å². The number of ether oxygens (including phenoxy) is 2. The molecule has 4 rings (SSSR count). The van der Waals surface area contributed by atoms with Gasteiger partial charge in [0.2, 0.25) is 0 Å². The highest BCUT2D eigenvalue weighted by Gasteiger charge is 2.27. The molecule has 0 aromatic carbocycles. The predicted molar refractivity (Wildman–Crippen MR) is 82.6 cm³/mol. The van der Waals surface area contributed by atoms with Gasteiger partial charge in [-0.3, -0.25) is 4.68 Å². The van der Waals surface area contributed by atoms with Crippen molar-refractivity contribution in [3.8, 4) is 11.5 Å². The van der Waals surface area contributed by atoms with Crippen LogP contribution >= 0.6 is 0 Å². The fraction of sp³-hybridized carbons (Fsp3) is 0.375. The van der Waals surface area contributed by atoms with E-state index in [0.29, 0.717) is 24.2 Å². The molecule has 0 bridgehead atoms. The molecule has 2 aromatic rings. The first-order valence-corrected chi connectivity index (χ1v) is 7.56. The normalized spacial score (nSPS) is 18.1. The summed E-state index contributed by atoms with van der Waals surface area (Å²) >= 11 is 0. The Hall–Kier alpha value is -2.34. The standard InChI is InChI=1S/C16H18N4O2/c17-16-13(2-1-7-18-16)22-14-10-20(12-3-4-12)19-15(14)11-5-8-21-9-6-11/h1-2,5,7,10,12H,3-4,6,8-9H2,(H2,17,18). The number of hydrogen-bond acceptors (Lipinski definition) is 5. The minimum atomic E-state index is 0.383. The van der Waals surface area contributed by atoms with Crippen LogP contribution in [-0.4, -0.2) is 28.0 Å². The average Bonchev–Trinajstić information content (AvgIpc) is 3.32. The maximum atomic E-state index is 6.00. The van der Waals surface area contributed by atoms with Crippen LogP contribution in [0.25, 0.3) is 5.57 Å². The molecular formula is C16H18N4O2. The van der Waals surface area contributed by atoms with Crippen molar-refractivity contribution in [2.75, 3.05) is 18.9 Å². The van der Waals surface area contributed by atoms with Crippen LogP contribution in [-0.2, 0) is 4.74 Å². The largest absolute Gasteiger partial charge is 0.450 e. The summed E-state index contributed by atoms with van der Waals surface area (Å²) in [4.78, 5) is 4.06. The number of nitrogens with two attached hydrogens (primary N) is 1. The SMILES string of the molecule is Nc1ncccc1Oc1cn(C2CC2)nc1C1=CCOCC1. The summed E-state index contributed by atoms with van der Waals surface area (Å²) in [5.74, 6) is 1.68. The van der Waals surface area contributed by atoms with Crippen LogP contribution in [0.2, 0.25) is 0 Å². The van der Waals surface area contributed by atoms with Crippen molar-refractivity contribution in [2.45, 2.75) is 25.3 Å². The van der Waals surface area contributed by atoms with Gasteiger partial charge in [0.1, 0.15) is 5.69 Å². The number of hydrogen-bond donors (Lipinski definition) is 1. The summed E-state index contributed by atoms with van der Waals surface area (Å²) in [5.41, 5.74) is 7.93. The van der Waals surface area contributed by atoms with Crippen LogP contribution < -0.4 is 10.5 Å². The Bertz CT molecular complexity index is 719. The van der Waals surface area contributed by atoms with E-state index in [4.69, 9.17) is 20.3 Å². The Morgan fingerprint density at radius 1 is 1.32 bits per heavy atom. The van der Waals surface area contributed by atoms with Crippen LogP contribution in [0, 0.1) is 0 Å². The van der Waals surface area contributed by atoms with Gasteiger partial charge in [0.05, 0.1) is 25.5 Å². The van der Waals surface area contributed by atoms with E-state index in [1.165, 1.54) is 18.4 Å². The van der Waals surface area contributed by atoms with Crippen LogP contribution in [0.1, 0.15) is 31.0 Å². The van der Waals surface area contributed by atoms with Crippen molar-refractivity contribution in [3.05, 3.63) is 36.3 Å². The zero-order chi connectivity index (χ0) is 14.9. The Morgan fingerprint density at radius 3 is 2.95 bits per heavy atom. The van der Waals surface area contributed by atoms with Crippen molar-refractivity contribution < 1.29 is 9.47 Å². The molecule has 3 heterocycles. The molecule has 2 N–H and O–H groups in total. The number of aromatic nitrogens is 3. The monoisotopic (exact) mass is 298 g/mol. The second kappa shape index (κ2) is 5.46. The van der Waals surface area contributed by atoms with Crippen LogP contribution in [0.15, 0.2) is 30.6 Å². The van der Waals surface area contributed by atoms with E-state index >= 15 is 0 Å². The van der Waals surface area contributed by atoms with Gasteiger partial charge in [-0.15, -0.1) is 0 Å². The minimum absolute atomic E-state index is 0.383. The van der Waals surface area contributed by atoms with Crippen molar-refractivity contribution in [3.63, 3.8) is 0 Å². The molecule has 0 unspecified atom stereocenters. The Morgan fingerprint density at radius 2 is 2.23 bits per heavy atom. The predicted octanol–water partition coefficient (Wildman–Crippen LogP) is 2.79. The topological polar surface area (TPSA) is 75.2 Å². The van der Waals surface area contributed by atoms with E-state index in [-0.39, 0.29) is 0 Å². The van der Waals surface area contributed by atoms with Crippen LogP contribution in [0.5, 0.6) is 11.5 Å². The van der Waals surface area contributed by atoms with E-state index in [2.05, 4.69) is 11.1 Å². The van der Waals surface area contributed by atoms with Gasteiger partial charge in [-0.2, -0.15) is 5.10 Å². The second-order valence-corrected chi connectivity index (χ2v) is 5.60. The lowest BCUT2D eigenvalue weighted by Crippen LogP contribution is -2.05. The summed E-state index contributed by atoms with van der Waals surface area (Å²) in [6.07, 6.45) is 8.89. The van der Waals surface area contributed by atoms with Gasteiger partial charge in [0.15, 0.2) is 17.3 Å². The fourth-order valence-corrected chi connectivity index (χ4v) is 2.55. The van der Waals surface area contributed by atoms with E-state index in [9.17, 15) is 0 Å². The van der Waals surface area contributed by atoms with Gasteiger partial charge in [0, 0.05) is 6.20 Å². The molecule has 6 heteroatoms. The van der Waals surface area contributed by atoms with E-state index in [0.717, 1.165) is 24.5 Å².